The maximum atomic E-state index is 13.0. The molecule has 0 unspecified atom stereocenters. The third-order valence-electron chi connectivity index (χ3n) is 4.11. The van der Waals surface area contributed by atoms with Gasteiger partial charge in [-0.05, 0) is 26.0 Å². The van der Waals surface area contributed by atoms with Gasteiger partial charge in [0, 0.05) is 12.4 Å². The normalized spacial score (nSPS) is 10.9. The zero-order chi connectivity index (χ0) is 19.4. The van der Waals surface area contributed by atoms with Crippen LogP contribution in [0.25, 0.3) is 5.69 Å². The Morgan fingerprint density at radius 1 is 1.37 bits per heavy atom. The molecule has 0 bridgehead atoms. The lowest BCUT2D eigenvalue weighted by Gasteiger charge is -2.07. The first-order valence-electron chi connectivity index (χ1n) is 8.35. The zero-order valence-corrected chi connectivity index (χ0v) is 16.1. The zero-order valence-electron chi connectivity index (χ0n) is 15.3. The predicted octanol–water partition coefficient (Wildman–Crippen LogP) is 3.86. The van der Waals surface area contributed by atoms with Crippen LogP contribution in [0.2, 0.25) is 0 Å². The number of nitrogens with zero attached hydrogens (tertiary/aromatic N) is 4. The van der Waals surface area contributed by atoms with E-state index in [9.17, 15) is 10.1 Å². The van der Waals surface area contributed by atoms with E-state index in [2.05, 4.69) is 16.4 Å². The Morgan fingerprint density at radius 3 is 2.78 bits per heavy atom. The predicted molar refractivity (Wildman–Crippen MR) is 108 cm³/mol. The second-order valence-corrected chi connectivity index (χ2v) is 6.55. The summed E-state index contributed by atoms with van der Waals surface area (Å²) < 4.78 is 8.47. The van der Waals surface area contributed by atoms with Crippen molar-refractivity contribution >= 4 is 34.1 Å². The van der Waals surface area contributed by atoms with Gasteiger partial charge in [0.25, 0.3) is 5.56 Å². The number of hydrogen-bond acceptors (Lipinski definition) is 6. The molecular weight excluding hydrogens is 362 g/mol. The van der Waals surface area contributed by atoms with E-state index in [-0.39, 0.29) is 5.56 Å². The molecule has 0 spiro atoms. The molecule has 0 saturated heterocycles. The van der Waals surface area contributed by atoms with E-state index in [1.54, 1.807) is 14.7 Å². The minimum Gasteiger partial charge on any atom is -0.483 e. The van der Waals surface area contributed by atoms with Crippen LogP contribution in [0.3, 0.4) is 0 Å². The van der Waals surface area contributed by atoms with Gasteiger partial charge in [0.05, 0.1) is 23.7 Å². The van der Waals surface area contributed by atoms with E-state index < -0.39 is 0 Å². The second-order valence-electron chi connectivity index (χ2n) is 5.69. The molecule has 2 aromatic heterocycles. The number of thiophene rings is 1. The second kappa shape index (κ2) is 7.93. The van der Waals surface area contributed by atoms with E-state index in [4.69, 9.17) is 4.74 Å². The van der Waals surface area contributed by atoms with E-state index in [0.717, 1.165) is 11.4 Å². The van der Waals surface area contributed by atoms with Crippen LogP contribution in [0.1, 0.15) is 18.2 Å². The van der Waals surface area contributed by atoms with Crippen LogP contribution in [0.15, 0.2) is 45.5 Å². The molecule has 0 aliphatic carbocycles. The highest BCUT2D eigenvalue weighted by Crippen LogP contribution is 2.35. The van der Waals surface area contributed by atoms with Gasteiger partial charge in [-0.1, -0.05) is 18.2 Å². The van der Waals surface area contributed by atoms with Gasteiger partial charge < -0.3 is 10.1 Å². The summed E-state index contributed by atoms with van der Waals surface area (Å²) in [5, 5.41) is 14.9. The van der Waals surface area contributed by atoms with Crippen LogP contribution in [-0.2, 0) is 11.8 Å². The number of aromatic nitrogens is 2. The average molecular weight is 381 g/mol. The molecule has 138 valence electrons. The molecule has 0 amide bonds. The maximum absolute atomic E-state index is 13.0. The van der Waals surface area contributed by atoms with Crippen molar-refractivity contribution in [2.24, 2.45) is 12.0 Å². The minimum atomic E-state index is -0.185. The minimum absolute atomic E-state index is 0.185. The van der Waals surface area contributed by atoms with Gasteiger partial charge in [-0.2, -0.15) is 5.26 Å². The van der Waals surface area contributed by atoms with Crippen LogP contribution in [0.5, 0.6) is 0 Å². The van der Waals surface area contributed by atoms with Crippen LogP contribution >= 0.6 is 11.3 Å². The first kappa shape index (κ1) is 18.5. The van der Waals surface area contributed by atoms with Gasteiger partial charge in [-0.3, -0.25) is 9.48 Å². The Balaban J connectivity index is 2.01. The molecule has 0 aliphatic heterocycles. The van der Waals surface area contributed by atoms with Gasteiger partial charge in [0.15, 0.2) is 6.40 Å². The number of aliphatic imine (C=N–C) groups is 1. The fourth-order valence-electron chi connectivity index (χ4n) is 2.65. The van der Waals surface area contributed by atoms with E-state index >= 15 is 0 Å². The SMILES string of the molecule is CCO/C=N\c1scc(Nc2c(C)n(C)n(-c3ccccc3)c2=O)c1C#N. The summed E-state index contributed by atoms with van der Waals surface area (Å²) in [4.78, 5) is 17.1. The summed E-state index contributed by atoms with van der Waals surface area (Å²) in [5.41, 5.74) is 2.71. The van der Waals surface area contributed by atoms with Crippen LogP contribution < -0.4 is 10.9 Å². The molecule has 1 N–H and O–H groups in total. The van der Waals surface area contributed by atoms with Crippen LogP contribution in [0.4, 0.5) is 16.4 Å². The smallest absolute Gasteiger partial charge is 0.295 e. The molecule has 3 aromatic rings. The summed E-state index contributed by atoms with van der Waals surface area (Å²) in [6.07, 6.45) is 1.33. The highest BCUT2D eigenvalue weighted by Gasteiger charge is 2.19. The Bertz CT molecular complexity index is 1070. The van der Waals surface area contributed by atoms with Crippen molar-refractivity contribution in [3.05, 3.63) is 57.3 Å². The van der Waals surface area contributed by atoms with Gasteiger partial charge in [-0.25, -0.2) is 9.67 Å². The van der Waals surface area contributed by atoms with Crippen molar-refractivity contribution in [3.63, 3.8) is 0 Å². The largest absolute Gasteiger partial charge is 0.483 e. The molecule has 3 rings (SSSR count). The van der Waals surface area contributed by atoms with Gasteiger partial charge in [-0.15, -0.1) is 11.3 Å². The first-order chi connectivity index (χ1) is 13.1. The van der Waals surface area contributed by atoms with E-state index in [1.165, 1.54) is 17.7 Å². The Kier molecular flexibility index (Phi) is 5.43. The van der Waals surface area contributed by atoms with Crippen molar-refractivity contribution < 1.29 is 4.74 Å². The number of nitrogens with one attached hydrogen (secondary N) is 1. The third kappa shape index (κ3) is 3.50. The van der Waals surface area contributed by atoms with Gasteiger partial charge in [0.1, 0.15) is 22.3 Å². The Hall–Kier alpha value is -3.31. The number of rotatable bonds is 6. The highest BCUT2D eigenvalue weighted by atomic mass is 32.1. The number of hydrogen-bond donors (Lipinski definition) is 1. The molecule has 0 aliphatic rings. The summed E-state index contributed by atoms with van der Waals surface area (Å²) in [5.74, 6) is 0. The lowest BCUT2D eigenvalue weighted by molar-refractivity contribution is 0.344. The highest BCUT2D eigenvalue weighted by molar-refractivity contribution is 7.14. The number of nitriles is 1. The lowest BCUT2D eigenvalue weighted by atomic mass is 10.2. The van der Waals surface area contributed by atoms with Crippen molar-refractivity contribution in [2.45, 2.75) is 13.8 Å². The third-order valence-corrected chi connectivity index (χ3v) is 4.99. The number of para-hydroxylation sites is 1. The van der Waals surface area contributed by atoms with Crippen LogP contribution in [-0.4, -0.2) is 22.4 Å². The molecule has 1 aromatic carbocycles. The standard InChI is InChI=1S/C19H19N5O2S/c1-4-26-12-21-18-15(10-20)16(11-27-18)22-17-13(2)23(3)24(19(17)25)14-8-6-5-7-9-14/h5-9,11-12,22H,4H2,1-3H3/b21-12-. The van der Waals surface area contributed by atoms with Crippen molar-refractivity contribution in [1.29, 1.82) is 5.26 Å². The summed E-state index contributed by atoms with van der Waals surface area (Å²) >= 11 is 1.31. The molecule has 0 fully saturated rings. The molecule has 0 radical (unpaired) electrons. The topological polar surface area (TPSA) is 84.3 Å². The monoisotopic (exact) mass is 381 g/mol. The number of benzene rings is 1. The lowest BCUT2D eigenvalue weighted by Crippen LogP contribution is -2.20. The van der Waals surface area contributed by atoms with Gasteiger partial charge >= 0.3 is 0 Å². The van der Waals surface area contributed by atoms with Gasteiger partial charge in [0.2, 0.25) is 0 Å². The fourth-order valence-corrected chi connectivity index (χ4v) is 3.43. The molecular formula is C19H19N5O2S. The first-order valence-corrected chi connectivity index (χ1v) is 9.23. The fraction of sp³-hybridized carbons (Fsp3) is 0.211. The molecule has 27 heavy (non-hydrogen) atoms. The Labute approximate surface area is 160 Å². The van der Waals surface area contributed by atoms with E-state index in [0.29, 0.717) is 28.5 Å². The molecule has 2 heterocycles. The summed E-state index contributed by atoms with van der Waals surface area (Å²) in [6, 6.07) is 11.6. The molecule has 0 saturated carbocycles. The summed E-state index contributed by atoms with van der Waals surface area (Å²) in [6.45, 7) is 4.22. The average Bonchev–Trinajstić information content (AvgIpc) is 3.16. The van der Waals surface area contributed by atoms with Crippen molar-refractivity contribution in [3.8, 4) is 11.8 Å². The quantitative estimate of drug-likeness (QED) is 0.519. The molecule has 8 heteroatoms. The van der Waals surface area contributed by atoms with E-state index in [1.807, 2.05) is 51.2 Å². The molecule has 0 atom stereocenters. The summed E-state index contributed by atoms with van der Waals surface area (Å²) in [7, 11) is 1.82. The number of anilines is 2. The Morgan fingerprint density at radius 2 is 2.11 bits per heavy atom. The van der Waals surface area contributed by atoms with Crippen molar-refractivity contribution in [2.75, 3.05) is 11.9 Å². The number of ether oxygens (including phenoxy) is 1. The van der Waals surface area contributed by atoms with Crippen LogP contribution in [0, 0.1) is 18.3 Å². The van der Waals surface area contributed by atoms with Crippen molar-refractivity contribution in [1.82, 2.24) is 9.36 Å². The molecule has 7 nitrogen and oxygen atoms in total. The maximum Gasteiger partial charge on any atom is 0.295 e.